The number of hydrogen-bond donors (Lipinski definition) is 1. The smallest absolute Gasteiger partial charge is 0.126 e. The first-order valence-electron chi connectivity index (χ1n) is 7.08. The molecule has 4 heteroatoms. The Bertz CT molecular complexity index is 562. The monoisotopic (exact) mass is 271 g/mol. The molecule has 3 rings (SSSR count). The van der Waals surface area contributed by atoms with Crippen LogP contribution in [0.3, 0.4) is 0 Å². The Morgan fingerprint density at radius 2 is 2.10 bits per heavy atom. The molecule has 0 radical (unpaired) electrons. The van der Waals surface area contributed by atoms with E-state index < -0.39 is 0 Å². The second kappa shape index (κ2) is 6.09. The molecular formula is C16H18FN3. The van der Waals surface area contributed by atoms with E-state index in [1.54, 1.807) is 18.3 Å². The number of benzene rings is 1. The van der Waals surface area contributed by atoms with Crippen LogP contribution in [-0.2, 0) is 6.42 Å². The number of piperidine rings is 1. The molecule has 0 saturated carbocycles. The lowest BCUT2D eigenvalue weighted by molar-refractivity contribution is 0.453. The average Bonchev–Trinajstić information content (AvgIpc) is 2.51. The predicted molar refractivity (Wildman–Crippen MR) is 76.1 cm³/mol. The van der Waals surface area contributed by atoms with Crippen LogP contribution in [0.15, 0.2) is 36.7 Å². The maximum Gasteiger partial charge on any atom is 0.126 e. The predicted octanol–water partition coefficient (Wildman–Crippen LogP) is 2.67. The molecule has 1 fully saturated rings. The summed E-state index contributed by atoms with van der Waals surface area (Å²) in [7, 11) is 0. The van der Waals surface area contributed by atoms with Crippen molar-refractivity contribution in [1.29, 1.82) is 0 Å². The minimum Gasteiger partial charge on any atom is -0.316 e. The molecule has 1 N–H and O–H groups in total. The van der Waals surface area contributed by atoms with E-state index in [0.717, 1.165) is 30.9 Å². The van der Waals surface area contributed by atoms with Crippen LogP contribution in [0.4, 0.5) is 4.39 Å². The fourth-order valence-electron chi connectivity index (χ4n) is 2.61. The molecule has 1 aliphatic heterocycles. The van der Waals surface area contributed by atoms with Gasteiger partial charge in [-0.15, -0.1) is 0 Å². The quantitative estimate of drug-likeness (QED) is 0.932. The van der Waals surface area contributed by atoms with Crippen molar-refractivity contribution < 1.29 is 4.39 Å². The summed E-state index contributed by atoms with van der Waals surface area (Å²) in [6.45, 7) is 2.07. The fraction of sp³-hybridized carbons (Fsp3) is 0.375. The molecular weight excluding hydrogens is 253 g/mol. The van der Waals surface area contributed by atoms with E-state index in [2.05, 4.69) is 15.3 Å². The highest BCUT2D eigenvalue weighted by atomic mass is 19.1. The lowest BCUT2D eigenvalue weighted by Crippen LogP contribution is -2.28. The van der Waals surface area contributed by atoms with Gasteiger partial charge in [-0.2, -0.15) is 0 Å². The van der Waals surface area contributed by atoms with Gasteiger partial charge in [0.2, 0.25) is 0 Å². The third-order valence-corrected chi connectivity index (χ3v) is 3.77. The molecule has 104 valence electrons. The van der Waals surface area contributed by atoms with Crippen molar-refractivity contribution in [3.63, 3.8) is 0 Å². The molecule has 0 spiro atoms. The molecule has 1 aromatic carbocycles. The van der Waals surface area contributed by atoms with E-state index in [4.69, 9.17) is 0 Å². The minimum absolute atomic E-state index is 0.185. The number of halogens is 1. The van der Waals surface area contributed by atoms with E-state index >= 15 is 0 Å². The molecule has 1 aromatic heterocycles. The second-order valence-corrected chi connectivity index (χ2v) is 5.24. The van der Waals surface area contributed by atoms with Crippen LogP contribution >= 0.6 is 0 Å². The Hall–Kier alpha value is -1.81. The van der Waals surface area contributed by atoms with Crippen molar-refractivity contribution in [2.24, 2.45) is 0 Å². The standard InChI is InChI=1S/C16H18FN3/c17-15-6-2-1-4-12(15)8-14-10-20-16(11-19-14)13-5-3-7-18-9-13/h1-2,4,6,10-11,13,18H,3,5,7-9H2. The molecule has 0 bridgehead atoms. The fourth-order valence-corrected chi connectivity index (χ4v) is 2.61. The molecule has 0 aliphatic carbocycles. The summed E-state index contributed by atoms with van der Waals surface area (Å²) in [5.41, 5.74) is 2.51. The molecule has 1 atom stereocenters. The highest BCUT2D eigenvalue weighted by Crippen LogP contribution is 2.21. The summed E-state index contributed by atoms with van der Waals surface area (Å²) in [4.78, 5) is 8.94. The summed E-state index contributed by atoms with van der Waals surface area (Å²) in [5, 5.41) is 3.38. The summed E-state index contributed by atoms with van der Waals surface area (Å²) >= 11 is 0. The Morgan fingerprint density at radius 3 is 2.80 bits per heavy atom. The summed E-state index contributed by atoms with van der Waals surface area (Å²) in [6.07, 6.45) is 6.45. The number of nitrogens with one attached hydrogen (secondary N) is 1. The summed E-state index contributed by atoms with van der Waals surface area (Å²) in [6, 6.07) is 6.80. The Labute approximate surface area is 118 Å². The number of aromatic nitrogens is 2. The van der Waals surface area contributed by atoms with Crippen molar-refractivity contribution in [2.45, 2.75) is 25.2 Å². The van der Waals surface area contributed by atoms with E-state index in [1.807, 2.05) is 12.3 Å². The molecule has 1 unspecified atom stereocenters. The number of hydrogen-bond acceptors (Lipinski definition) is 3. The lowest BCUT2D eigenvalue weighted by atomic mass is 9.96. The van der Waals surface area contributed by atoms with Crippen molar-refractivity contribution in [2.75, 3.05) is 13.1 Å². The van der Waals surface area contributed by atoms with Gasteiger partial charge in [0, 0.05) is 31.3 Å². The highest BCUT2D eigenvalue weighted by molar-refractivity contribution is 5.22. The maximum absolute atomic E-state index is 13.6. The third kappa shape index (κ3) is 3.02. The zero-order chi connectivity index (χ0) is 13.8. The molecule has 0 amide bonds. The highest BCUT2D eigenvalue weighted by Gasteiger charge is 2.16. The van der Waals surface area contributed by atoms with Crippen LogP contribution in [-0.4, -0.2) is 23.1 Å². The van der Waals surface area contributed by atoms with Gasteiger partial charge in [-0.25, -0.2) is 4.39 Å². The largest absolute Gasteiger partial charge is 0.316 e. The van der Waals surface area contributed by atoms with Crippen LogP contribution in [0.25, 0.3) is 0 Å². The second-order valence-electron chi connectivity index (χ2n) is 5.24. The Morgan fingerprint density at radius 1 is 1.20 bits per heavy atom. The molecule has 2 heterocycles. The van der Waals surface area contributed by atoms with Crippen LogP contribution in [0.1, 0.15) is 35.7 Å². The van der Waals surface area contributed by atoms with Gasteiger partial charge in [-0.3, -0.25) is 9.97 Å². The normalized spacial score (nSPS) is 18.9. The van der Waals surface area contributed by atoms with E-state index in [1.165, 1.54) is 12.5 Å². The van der Waals surface area contributed by atoms with Crippen molar-refractivity contribution >= 4 is 0 Å². The number of nitrogens with zero attached hydrogens (tertiary/aromatic N) is 2. The molecule has 1 aliphatic rings. The molecule has 20 heavy (non-hydrogen) atoms. The van der Waals surface area contributed by atoms with E-state index in [0.29, 0.717) is 17.9 Å². The lowest BCUT2D eigenvalue weighted by Gasteiger charge is -2.21. The van der Waals surface area contributed by atoms with Gasteiger partial charge >= 0.3 is 0 Å². The summed E-state index contributed by atoms with van der Waals surface area (Å²) in [5.74, 6) is 0.272. The van der Waals surface area contributed by atoms with Crippen LogP contribution in [0.5, 0.6) is 0 Å². The zero-order valence-electron chi connectivity index (χ0n) is 11.3. The Balaban J connectivity index is 1.71. The van der Waals surface area contributed by atoms with E-state index in [-0.39, 0.29) is 5.82 Å². The molecule has 2 aromatic rings. The van der Waals surface area contributed by atoms with Crippen molar-refractivity contribution in [1.82, 2.24) is 15.3 Å². The molecule has 3 nitrogen and oxygen atoms in total. The van der Waals surface area contributed by atoms with Crippen LogP contribution in [0, 0.1) is 5.82 Å². The van der Waals surface area contributed by atoms with Crippen LogP contribution < -0.4 is 5.32 Å². The van der Waals surface area contributed by atoms with Crippen molar-refractivity contribution in [3.05, 3.63) is 59.4 Å². The van der Waals surface area contributed by atoms with Gasteiger partial charge in [-0.1, -0.05) is 18.2 Å². The first-order valence-corrected chi connectivity index (χ1v) is 7.08. The zero-order valence-corrected chi connectivity index (χ0v) is 11.3. The van der Waals surface area contributed by atoms with Gasteiger partial charge in [0.15, 0.2) is 0 Å². The topological polar surface area (TPSA) is 37.8 Å². The summed E-state index contributed by atoms with van der Waals surface area (Å²) < 4.78 is 13.6. The van der Waals surface area contributed by atoms with Gasteiger partial charge in [-0.05, 0) is 31.0 Å². The first kappa shape index (κ1) is 13.2. The first-order chi connectivity index (χ1) is 9.83. The van der Waals surface area contributed by atoms with Crippen LogP contribution in [0.2, 0.25) is 0 Å². The van der Waals surface area contributed by atoms with Gasteiger partial charge < -0.3 is 5.32 Å². The SMILES string of the molecule is Fc1ccccc1Cc1cnc(C2CCCNC2)cn1. The average molecular weight is 271 g/mol. The van der Waals surface area contributed by atoms with Gasteiger partial charge in [0.1, 0.15) is 5.82 Å². The van der Waals surface area contributed by atoms with Gasteiger partial charge in [0.05, 0.1) is 11.4 Å². The minimum atomic E-state index is -0.185. The van der Waals surface area contributed by atoms with E-state index in [9.17, 15) is 4.39 Å². The maximum atomic E-state index is 13.6. The Kier molecular flexibility index (Phi) is 4.02. The van der Waals surface area contributed by atoms with Gasteiger partial charge in [0.25, 0.3) is 0 Å². The third-order valence-electron chi connectivity index (χ3n) is 3.77. The van der Waals surface area contributed by atoms with Crippen molar-refractivity contribution in [3.8, 4) is 0 Å². The molecule has 1 saturated heterocycles. The number of rotatable bonds is 3.